The van der Waals surface area contributed by atoms with Crippen LogP contribution in [0.2, 0.25) is 0 Å². The fourth-order valence-corrected chi connectivity index (χ4v) is 1.69. The third-order valence-corrected chi connectivity index (χ3v) is 2.65. The highest BCUT2D eigenvalue weighted by Crippen LogP contribution is 2.27. The van der Waals surface area contributed by atoms with Gasteiger partial charge in [-0.25, -0.2) is 9.18 Å². The van der Waals surface area contributed by atoms with Gasteiger partial charge in [-0.3, -0.25) is 4.79 Å². The number of benzene rings is 1. The molecule has 0 amide bonds. The van der Waals surface area contributed by atoms with Crippen LogP contribution in [0.4, 0.5) is 13.2 Å². The number of carbonyl (C=O) groups is 2. The Kier molecular flexibility index (Phi) is 4.50. The van der Waals surface area contributed by atoms with Crippen LogP contribution in [0.15, 0.2) is 22.7 Å². The summed E-state index contributed by atoms with van der Waals surface area (Å²) in [6.45, 7) is 1.07. The molecule has 0 aliphatic rings. The smallest absolute Gasteiger partial charge is 0.404 e. The number of halogens is 4. The van der Waals surface area contributed by atoms with Gasteiger partial charge in [0, 0.05) is 10.0 Å². The summed E-state index contributed by atoms with van der Waals surface area (Å²) in [6.07, 6.45) is 0. The lowest BCUT2D eigenvalue weighted by atomic mass is 10.1. The van der Waals surface area contributed by atoms with Gasteiger partial charge in [0.1, 0.15) is 5.82 Å². The summed E-state index contributed by atoms with van der Waals surface area (Å²) >= 11 is 2.78. The van der Waals surface area contributed by atoms with Gasteiger partial charge in [0.2, 0.25) is 5.78 Å². The van der Waals surface area contributed by atoms with Gasteiger partial charge in [0.25, 0.3) is 0 Å². The van der Waals surface area contributed by atoms with E-state index in [-0.39, 0.29) is 11.1 Å². The molecule has 1 aromatic rings. The molecule has 1 rings (SSSR count). The Bertz CT molecular complexity index is 488. The number of carbonyl (C=O) groups excluding carboxylic acids is 2. The topological polar surface area (TPSA) is 43.4 Å². The summed E-state index contributed by atoms with van der Waals surface area (Å²) in [5.41, 5.74) is -0.491. The molecule has 0 bridgehead atoms. The highest BCUT2D eigenvalue weighted by molar-refractivity contribution is 9.10. The largest absolute Gasteiger partial charge is 0.461 e. The van der Waals surface area contributed by atoms with Crippen LogP contribution in [0.3, 0.4) is 0 Å². The zero-order valence-corrected chi connectivity index (χ0v) is 10.8. The molecular formula is C11H8BrF3O3. The summed E-state index contributed by atoms with van der Waals surface area (Å²) in [6, 6.07) is 2.57. The second-order valence-corrected chi connectivity index (χ2v) is 4.10. The monoisotopic (exact) mass is 324 g/mol. The molecule has 3 nitrogen and oxygen atoms in total. The number of ketones is 1. The van der Waals surface area contributed by atoms with Crippen molar-refractivity contribution < 1.29 is 27.5 Å². The second-order valence-electron chi connectivity index (χ2n) is 3.25. The first-order valence-corrected chi connectivity index (χ1v) is 5.65. The molecule has 0 fully saturated rings. The fourth-order valence-electron chi connectivity index (χ4n) is 1.16. The number of hydrogen-bond acceptors (Lipinski definition) is 3. The normalized spacial score (nSPS) is 11.2. The van der Waals surface area contributed by atoms with E-state index in [1.807, 2.05) is 0 Å². The number of esters is 1. The molecule has 0 aliphatic heterocycles. The van der Waals surface area contributed by atoms with Crippen molar-refractivity contribution in [3.63, 3.8) is 0 Å². The van der Waals surface area contributed by atoms with Gasteiger partial charge >= 0.3 is 11.9 Å². The molecule has 1 aromatic carbocycles. The fraction of sp³-hybridized carbons (Fsp3) is 0.273. The number of hydrogen-bond donors (Lipinski definition) is 0. The molecule has 0 aromatic heterocycles. The van der Waals surface area contributed by atoms with Crippen LogP contribution < -0.4 is 0 Å². The number of alkyl halides is 2. The molecule has 0 spiro atoms. The van der Waals surface area contributed by atoms with E-state index in [9.17, 15) is 22.8 Å². The Labute approximate surface area is 109 Å². The summed E-state index contributed by atoms with van der Waals surface area (Å²) < 4.78 is 43.6. The van der Waals surface area contributed by atoms with Gasteiger partial charge in [0.05, 0.1) is 6.61 Å². The van der Waals surface area contributed by atoms with Gasteiger partial charge in [0.15, 0.2) is 0 Å². The number of ether oxygens (including phenoxy) is 1. The van der Waals surface area contributed by atoms with Crippen molar-refractivity contribution in [2.24, 2.45) is 0 Å². The van der Waals surface area contributed by atoms with Crippen LogP contribution in [0.1, 0.15) is 17.3 Å². The first-order chi connectivity index (χ1) is 8.30. The van der Waals surface area contributed by atoms with Crippen LogP contribution >= 0.6 is 15.9 Å². The molecule has 0 unspecified atom stereocenters. The summed E-state index contributed by atoms with van der Waals surface area (Å²) in [4.78, 5) is 22.5. The molecule has 98 valence electrons. The van der Waals surface area contributed by atoms with Gasteiger partial charge < -0.3 is 4.74 Å². The Morgan fingerprint density at radius 1 is 1.39 bits per heavy atom. The number of Topliss-reactive ketones (excluding diaryl/α,β-unsaturated/α-hetero) is 1. The molecular weight excluding hydrogens is 317 g/mol. The van der Waals surface area contributed by atoms with Crippen LogP contribution in [-0.4, -0.2) is 24.3 Å². The molecule has 0 atom stereocenters. The number of rotatable bonds is 4. The molecule has 18 heavy (non-hydrogen) atoms. The van der Waals surface area contributed by atoms with Gasteiger partial charge in [-0.1, -0.05) is 0 Å². The van der Waals surface area contributed by atoms with Gasteiger partial charge in [-0.15, -0.1) is 0 Å². The zero-order chi connectivity index (χ0) is 13.9. The van der Waals surface area contributed by atoms with E-state index in [2.05, 4.69) is 20.7 Å². The van der Waals surface area contributed by atoms with Crippen molar-refractivity contribution in [2.45, 2.75) is 12.8 Å². The Balaban J connectivity index is 3.09. The molecule has 0 saturated heterocycles. The minimum absolute atomic E-state index is 0.156. The van der Waals surface area contributed by atoms with E-state index >= 15 is 0 Å². The van der Waals surface area contributed by atoms with Crippen molar-refractivity contribution in [3.05, 3.63) is 34.1 Å². The van der Waals surface area contributed by atoms with Crippen molar-refractivity contribution in [3.8, 4) is 0 Å². The minimum Gasteiger partial charge on any atom is -0.461 e. The average molecular weight is 325 g/mol. The molecule has 0 radical (unpaired) electrons. The zero-order valence-electron chi connectivity index (χ0n) is 9.18. The van der Waals surface area contributed by atoms with E-state index in [0.29, 0.717) is 0 Å². The molecule has 7 heteroatoms. The summed E-state index contributed by atoms with van der Waals surface area (Å²) in [5.74, 6) is -8.66. The maximum atomic E-state index is 13.4. The molecule has 0 N–H and O–H groups in total. The summed E-state index contributed by atoms with van der Waals surface area (Å²) in [5, 5.41) is 0. The highest BCUT2D eigenvalue weighted by Gasteiger charge is 2.49. The van der Waals surface area contributed by atoms with Gasteiger partial charge in [-0.05, 0) is 41.1 Å². The first kappa shape index (κ1) is 14.7. The van der Waals surface area contributed by atoms with E-state index in [4.69, 9.17) is 0 Å². The van der Waals surface area contributed by atoms with Gasteiger partial charge in [-0.2, -0.15) is 8.78 Å². The first-order valence-electron chi connectivity index (χ1n) is 4.85. The lowest BCUT2D eigenvalue weighted by molar-refractivity contribution is -0.164. The predicted octanol–water partition coefficient (Wildman–Crippen LogP) is 2.97. The quantitative estimate of drug-likeness (QED) is 0.486. The Morgan fingerprint density at radius 2 is 2.00 bits per heavy atom. The average Bonchev–Trinajstić information content (AvgIpc) is 2.28. The third-order valence-electron chi connectivity index (χ3n) is 1.99. The maximum absolute atomic E-state index is 13.4. The van der Waals surface area contributed by atoms with E-state index in [0.717, 1.165) is 18.2 Å². The molecule has 0 heterocycles. The molecule has 0 saturated carbocycles. The standard InChI is InChI=1S/C11H8BrF3O3/c1-2-18-10(17)11(14,15)9(16)7-4-3-6(13)5-8(7)12/h3-5H,2H2,1H3. The Hall–Kier alpha value is -1.37. The maximum Gasteiger partial charge on any atom is 0.404 e. The van der Waals surface area contributed by atoms with Crippen molar-refractivity contribution in [1.29, 1.82) is 0 Å². The summed E-state index contributed by atoms with van der Waals surface area (Å²) in [7, 11) is 0. The van der Waals surface area contributed by atoms with Crippen LogP contribution in [0, 0.1) is 5.82 Å². The molecule has 0 aliphatic carbocycles. The van der Waals surface area contributed by atoms with Crippen molar-refractivity contribution in [2.75, 3.05) is 6.61 Å². The van der Waals surface area contributed by atoms with Crippen LogP contribution in [0.25, 0.3) is 0 Å². The van der Waals surface area contributed by atoms with Crippen molar-refractivity contribution >= 4 is 27.7 Å². The van der Waals surface area contributed by atoms with Crippen molar-refractivity contribution in [1.82, 2.24) is 0 Å². The SMILES string of the molecule is CCOC(=O)C(F)(F)C(=O)c1ccc(F)cc1Br. The van der Waals surface area contributed by atoms with E-state index < -0.39 is 29.1 Å². The third kappa shape index (κ3) is 2.90. The highest BCUT2D eigenvalue weighted by atomic mass is 79.9. The van der Waals surface area contributed by atoms with E-state index in [1.165, 1.54) is 6.92 Å². The minimum atomic E-state index is -4.30. The Morgan fingerprint density at radius 3 is 2.50 bits per heavy atom. The lowest BCUT2D eigenvalue weighted by Crippen LogP contribution is -2.39. The van der Waals surface area contributed by atoms with Crippen LogP contribution in [0.5, 0.6) is 0 Å². The predicted molar refractivity (Wildman–Crippen MR) is 60.0 cm³/mol. The lowest BCUT2D eigenvalue weighted by Gasteiger charge is -2.14. The van der Waals surface area contributed by atoms with E-state index in [1.54, 1.807) is 0 Å². The second kappa shape index (κ2) is 5.51. The van der Waals surface area contributed by atoms with Crippen LogP contribution in [-0.2, 0) is 9.53 Å².